The van der Waals surface area contributed by atoms with Crippen LogP contribution in [-0.2, 0) is 12.8 Å². The van der Waals surface area contributed by atoms with E-state index in [1.807, 2.05) is 42.5 Å². The number of nitrogens with zero attached hydrogens (tertiary/aromatic N) is 2. The van der Waals surface area contributed by atoms with Gasteiger partial charge in [-0.1, -0.05) is 18.2 Å². The number of nitrogens with one attached hydrogen (secondary N) is 2. The Morgan fingerprint density at radius 2 is 1.84 bits per heavy atom. The summed E-state index contributed by atoms with van der Waals surface area (Å²) >= 11 is 0. The summed E-state index contributed by atoms with van der Waals surface area (Å²) in [7, 11) is 1.67. The largest absolute Gasteiger partial charge is 0.495 e. The van der Waals surface area contributed by atoms with E-state index in [4.69, 9.17) is 9.72 Å². The molecule has 2 aromatic carbocycles. The fourth-order valence-corrected chi connectivity index (χ4v) is 4.22. The summed E-state index contributed by atoms with van der Waals surface area (Å²) in [5.74, 6) is 0.539. The first-order valence-corrected chi connectivity index (χ1v) is 10.8. The van der Waals surface area contributed by atoms with Crippen LogP contribution in [0.3, 0.4) is 0 Å². The van der Waals surface area contributed by atoms with Crippen molar-refractivity contribution in [2.24, 2.45) is 0 Å². The van der Waals surface area contributed by atoms with Crippen LogP contribution in [0.2, 0.25) is 0 Å². The molecule has 5 rings (SSSR count). The first-order valence-electron chi connectivity index (χ1n) is 10.8. The van der Waals surface area contributed by atoms with E-state index in [2.05, 4.69) is 15.6 Å². The van der Waals surface area contributed by atoms with Crippen molar-refractivity contribution in [3.05, 3.63) is 83.8 Å². The summed E-state index contributed by atoms with van der Waals surface area (Å²) in [5.41, 5.74) is 6.30. The number of fused-ring (bicyclic) bond motifs is 2. The quantitative estimate of drug-likeness (QED) is 0.442. The van der Waals surface area contributed by atoms with E-state index in [0.29, 0.717) is 11.4 Å². The van der Waals surface area contributed by atoms with Gasteiger partial charge in [0.15, 0.2) is 0 Å². The van der Waals surface area contributed by atoms with Gasteiger partial charge < -0.3 is 15.4 Å². The Balaban J connectivity index is 1.59. The highest BCUT2D eigenvalue weighted by molar-refractivity contribution is 6.05. The van der Waals surface area contributed by atoms with Crippen LogP contribution in [0.15, 0.2) is 66.9 Å². The Labute approximate surface area is 186 Å². The fraction of sp³-hybridized carbons (Fsp3) is 0.192. The second kappa shape index (κ2) is 8.67. The molecule has 6 nitrogen and oxygen atoms in total. The molecule has 0 atom stereocenters. The second-order valence-corrected chi connectivity index (χ2v) is 7.85. The van der Waals surface area contributed by atoms with Crippen molar-refractivity contribution in [3.8, 4) is 5.75 Å². The lowest BCUT2D eigenvalue weighted by atomic mass is 9.92. The predicted molar refractivity (Wildman–Crippen MR) is 127 cm³/mol. The summed E-state index contributed by atoms with van der Waals surface area (Å²) in [5, 5.41) is 7.55. The number of amides is 1. The molecule has 6 heteroatoms. The number of methoxy groups -OCH3 is 1. The van der Waals surface area contributed by atoms with Crippen molar-refractivity contribution < 1.29 is 9.53 Å². The number of pyridine rings is 2. The minimum atomic E-state index is -0.241. The zero-order chi connectivity index (χ0) is 21.9. The third kappa shape index (κ3) is 3.87. The number of carbonyl (C=O) groups is 1. The van der Waals surface area contributed by atoms with Gasteiger partial charge in [-0.05, 0) is 73.7 Å². The van der Waals surface area contributed by atoms with Crippen LogP contribution in [0.25, 0.3) is 10.9 Å². The third-order valence-corrected chi connectivity index (χ3v) is 5.78. The Hall–Kier alpha value is -3.93. The highest BCUT2D eigenvalue weighted by atomic mass is 16.5. The number of carbonyl (C=O) groups excluding carboxylic acids is 1. The SMILES string of the molecule is COc1ccccc1Nc1c2c(nc3ccc(NC(=O)c4ccccn4)cc13)CCCC2. The van der Waals surface area contributed by atoms with Crippen LogP contribution >= 0.6 is 0 Å². The van der Waals surface area contributed by atoms with Gasteiger partial charge >= 0.3 is 0 Å². The number of para-hydroxylation sites is 2. The maximum atomic E-state index is 12.6. The number of benzene rings is 2. The van der Waals surface area contributed by atoms with Crippen LogP contribution in [0.1, 0.15) is 34.6 Å². The third-order valence-electron chi connectivity index (χ3n) is 5.78. The summed E-state index contributed by atoms with van der Waals surface area (Å²) in [4.78, 5) is 21.7. The van der Waals surface area contributed by atoms with Gasteiger partial charge in [0.1, 0.15) is 11.4 Å². The Bertz CT molecular complexity index is 1290. The molecule has 1 amide bonds. The van der Waals surface area contributed by atoms with Crippen LogP contribution in [-0.4, -0.2) is 23.0 Å². The number of aryl methyl sites for hydroxylation is 1. The summed E-state index contributed by atoms with van der Waals surface area (Å²) in [6.45, 7) is 0. The molecular formula is C26H24N4O2. The maximum Gasteiger partial charge on any atom is 0.274 e. The van der Waals surface area contributed by atoms with Crippen molar-refractivity contribution in [1.82, 2.24) is 9.97 Å². The topological polar surface area (TPSA) is 76.1 Å². The Morgan fingerprint density at radius 3 is 2.69 bits per heavy atom. The molecule has 1 aliphatic rings. The van der Waals surface area contributed by atoms with E-state index in [0.717, 1.165) is 59.4 Å². The zero-order valence-corrected chi connectivity index (χ0v) is 17.9. The highest BCUT2D eigenvalue weighted by Crippen LogP contribution is 2.38. The minimum absolute atomic E-state index is 0.241. The molecule has 0 spiro atoms. The maximum absolute atomic E-state index is 12.6. The molecule has 32 heavy (non-hydrogen) atoms. The van der Waals surface area contributed by atoms with Crippen LogP contribution in [0.5, 0.6) is 5.75 Å². The van der Waals surface area contributed by atoms with Crippen LogP contribution in [0, 0.1) is 0 Å². The van der Waals surface area contributed by atoms with Gasteiger partial charge in [-0.3, -0.25) is 14.8 Å². The Kier molecular flexibility index (Phi) is 5.42. The lowest BCUT2D eigenvalue weighted by Crippen LogP contribution is -2.14. The van der Waals surface area contributed by atoms with E-state index in [1.54, 1.807) is 31.5 Å². The summed E-state index contributed by atoms with van der Waals surface area (Å²) in [6, 6.07) is 19.0. The first-order chi connectivity index (χ1) is 15.7. The van der Waals surface area contributed by atoms with Crippen molar-refractivity contribution >= 4 is 33.9 Å². The Morgan fingerprint density at radius 1 is 1.00 bits per heavy atom. The molecule has 2 heterocycles. The monoisotopic (exact) mass is 424 g/mol. The van der Waals surface area contributed by atoms with Gasteiger partial charge in [-0.25, -0.2) is 0 Å². The fourth-order valence-electron chi connectivity index (χ4n) is 4.22. The average molecular weight is 425 g/mol. The van der Waals surface area contributed by atoms with Crippen LogP contribution in [0.4, 0.5) is 17.1 Å². The molecule has 4 aromatic rings. The summed E-state index contributed by atoms with van der Waals surface area (Å²) in [6.07, 6.45) is 5.85. The lowest BCUT2D eigenvalue weighted by molar-refractivity contribution is 0.102. The van der Waals surface area contributed by atoms with E-state index < -0.39 is 0 Å². The number of ether oxygens (including phenoxy) is 1. The summed E-state index contributed by atoms with van der Waals surface area (Å²) < 4.78 is 5.56. The normalized spacial score (nSPS) is 12.8. The van der Waals surface area contributed by atoms with Gasteiger partial charge in [-0.15, -0.1) is 0 Å². The van der Waals surface area contributed by atoms with Gasteiger partial charge in [0.05, 0.1) is 24.0 Å². The van der Waals surface area contributed by atoms with Crippen molar-refractivity contribution in [2.45, 2.75) is 25.7 Å². The minimum Gasteiger partial charge on any atom is -0.495 e. The second-order valence-electron chi connectivity index (χ2n) is 7.85. The van der Waals surface area contributed by atoms with Gasteiger partial charge in [-0.2, -0.15) is 0 Å². The molecule has 0 saturated carbocycles. The molecule has 0 fully saturated rings. The standard InChI is InChI=1S/C26H24N4O2/c1-32-24-12-5-4-10-22(24)30-25-18-8-2-3-9-20(18)29-21-14-13-17(16-19(21)25)28-26(31)23-11-6-7-15-27-23/h4-7,10-16H,2-3,8-9H2,1H3,(H,28,31)(H,29,30). The molecule has 2 N–H and O–H groups in total. The van der Waals surface area contributed by atoms with Gasteiger partial charge in [0, 0.05) is 23.0 Å². The smallest absolute Gasteiger partial charge is 0.274 e. The van der Waals surface area contributed by atoms with E-state index in [1.165, 1.54) is 5.56 Å². The average Bonchev–Trinajstić information content (AvgIpc) is 2.85. The number of hydrogen-bond donors (Lipinski definition) is 2. The molecule has 0 saturated heterocycles. The molecule has 0 bridgehead atoms. The van der Waals surface area contributed by atoms with Crippen molar-refractivity contribution in [1.29, 1.82) is 0 Å². The molecular weight excluding hydrogens is 400 g/mol. The van der Waals surface area contributed by atoms with Gasteiger partial charge in [0.2, 0.25) is 0 Å². The van der Waals surface area contributed by atoms with Crippen LogP contribution < -0.4 is 15.4 Å². The predicted octanol–water partition coefficient (Wildman–Crippen LogP) is 5.51. The molecule has 160 valence electrons. The molecule has 0 radical (unpaired) electrons. The van der Waals surface area contributed by atoms with E-state index in [-0.39, 0.29) is 5.91 Å². The first kappa shape index (κ1) is 20.0. The molecule has 1 aliphatic carbocycles. The number of rotatable bonds is 5. The van der Waals surface area contributed by atoms with E-state index >= 15 is 0 Å². The number of aromatic nitrogens is 2. The highest BCUT2D eigenvalue weighted by Gasteiger charge is 2.20. The van der Waals surface area contributed by atoms with E-state index in [9.17, 15) is 4.79 Å². The lowest BCUT2D eigenvalue weighted by Gasteiger charge is -2.23. The molecule has 0 aliphatic heterocycles. The molecule has 2 aromatic heterocycles. The zero-order valence-electron chi connectivity index (χ0n) is 17.9. The molecule has 0 unspecified atom stereocenters. The van der Waals surface area contributed by atoms with Gasteiger partial charge in [0.25, 0.3) is 5.91 Å². The van der Waals surface area contributed by atoms with Crippen molar-refractivity contribution in [2.75, 3.05) is 17.7 Å². The number of anilines is 3. The number of hydrogen-bond acceptors (Lipinski definition) is 5. The van der Waals surface area contributed by atoms with Crippen molar-refractivity contribution in [3.63, 3.8) is 0 Å².